The summed E-state index contributed by atoms with van der Waals surface area (Å²) < 4.78 is 11.3. The van der Waals surface area contributed by atoms with Gasteiger partial charge in [0.15, 0.2) is 11.5 Å². The number of rotatable bonds is 7. The zero-order valence-corrected chi connectivity index (χ0v) is 16.9. The molecule has 0 heterocycles. The Morgan fingerprint density at radius 3 is 2.45 bits per heavy atom. The first kappa shape index (κ1) is 20.4. The smallest absolute Gasteiger partial charge is 0.271 e. The second-order valence-corrected chi connectivity index (χ2v) is 6.83. The zero-order valence-electron chi connectivity index (χ0n) is 16.2. The van der Waals surface area contributed by atoms with Crippen molar-refractivity contribution < 1.29 is 14.3 Å². The average molecular weight is 409 g/mol. The van der Waals surface area contributed by atoms with Gasteiger partial charge in [-0.1, -0.05) is 41.4 Å². The van der Waals surface area contributed by atoms with Crippen molar-refractivity contribution in [3.8, 4) is 11.5 Å². The molecule has 29 heavy (non-hydrogen) atoms. The number of carbonyl (C=O) groups is 1. The van der Waals surface area contributed by atoms with Gasteiger partial charge < -0.3 is 9.47 Å². The Morgan fingerprint density at radius 2 is 1.76 bits per heavy atom. The number of hydrogen-bond acceptors (Lipinski definition) is 4. The van der Waals surface area contributed by atoms with Crippen LogP contribution in [0.3, 0.4) is 0 Å². The summed E-state index contributed by atoms with van der Waals surface area (Å²) in [4.78, 5) is 12.1. The highest BCUT2D eigenvalue weighted by molar-refractivity contribution is 6.30. The summed E-state index contributed by atoms with van der Waals surface area (Å²) in [5, 5.41) is 4.56. The molecular weight excluding hydrogens is 388 g/mol. The standard InChI is InChI=1S/C23H21ClN2O3/c1-16-3-5-17(6-4-16)15-29-21-12-7-18(13-22(21)28-2)14-25-26-23(27)19-8-10-20(24)11-9-19/h3-14H,15H2,1-2H3,(H,26,27)/b25-14+. The fourth-order valence-electron chi connectivity index (χ4n) is 2.56. The van der Waals surface area contributed by atoms with Gasteiger partial charge in [0.25, 0.3) is 5.91 Å². The summed E-state index contributed by atoms with van der Waals surface area (Å²) in [5.41, 5.74) is 6.01. The van der Waals surface area contributed by atoms with E-state index in [1.165, 1.54) is 5.56 Å². The third-order valence-electron chi connectivity index (χ3n) is 4.19. The number of ether oxygens (including phenoxy) is 2. The summed E-state index contributed by atoms with van der Waals surface area (Å²) in [6.07, 6.45) is 1.54. The molecule has 0 spiro atoms. The lowest BCUT2D eigenvalue weighted by Crippen LogP contribution is -2.17. The van der Waals surface area contributed by atoms with Crippen molar-refractivity contribution in [1.82, 2.24) is 5.43 Å². The van der Waals surface area contributed by atoms with Crippen LogP contribution in [0.15, 0.2) is 71.8 Å². The van der Waals surface area contributed by atoms with Crippen molar-refractivity contribution in [2.75, 3.05) is 7.11 Å². The van der Waals surface area contributed by atoms with Crippen LogP contribution in [0.2, 0.25) is 5.02 Å². The normalized spacial score (nSPS) is 10.7. The fourth-order valence-corrected chi connectivity index (χ4v) is 2.69. The minimum Gasteiger partial charge on any atom is -0.493 e. The van der Waals surface area contributed by atoms with Gasteiger partial charge in [-0.05, 0) is 60.5 Å². The van der Waals surface area contributed by atoms with E-state index in [1.807, 2.05) is 43.3 Å². The lowest BCUT2D eigenvalue weighted by molar-refractivity contribution is 0.0955. The minimum atomic E-state index is -0.317. The molecule has 6 heteroatoms. The van der Waals surface area contributed by atoms with Gasteiger partial charge in [0.2, 0.25) is 0 Å². The van der Waals surface area contributed by atoms with E-state index in [4.69, 9.17) is 21.1 Å². The molecule has 0 saturated carbocycles. The van der Waals surface area contributed by atoms with Crippen LogP contribution < -0.4 is 14.9 Å². The summed E-state index contributed by atoms with van der Waals surface area (Å²) in [5.74, 6) is 0.906. The molecule has 1 amide bonds. The number of halogens is 1. The van der Waals surface area contributed by atoms with Gasteiger partial charge in [-0.2, -0.15) is 5.10 Å². The second-order valence-electron chi connectivity index (χ2n) is 6.39. The van der Waals surface area contributed by atoms with Gasteiger partial charge in [0.05, 0.1) is 13.3 Å². The van der Waals surface area contributed by atoms with Gasteiger partial charge in [0.1, 0.15) is 6.61 Å². The monoisotopic (exact) mass is 408 g/mol. The van der Waals surface area contributed by atoms with Crippen LogP contribution >= 0.6 is 11.6 Å². The van der Waals surface area contributed by atoms with Crippen LogP contribution in [0.25, 0.3) is 0 Å². The average Bonchev–Trinajstić information content (AvgIpc) is 2.74. The van der Waals surface area contributed by atoms with E-state index in [-0.39, 0.29) is 5.91 Å². The predicted octanol–water partition coefficient (Wildman–Crippen LogP) is 5.00. The third-order valence-corrected chi connectivity index (χ3v) is 4.44. The highest BCUT2D eigenvalue weighted by atomic mass is 35.5. The number of amides is 1. The Hall–Kier alpha value is -3.31. The lowest BCUT2D eigenvalue weighted by atomic mass is 10.2. The number of benzene rings is 3. The molecule has 5 nitrogen and oxygen atoms in total. The van der Waals surface area contributed by atoms with E-state index in [9.17, 15) is 4.79 Å². The topological polar surface area (TPSA) is 59.9 Å². The van der Waals surface area contributed by atoms with E-state index in [1.54, 1.807) is 43.7 Å². The Morgan fingerprint density at radius 1 is 1.03 bits per heavy atom. The van der Waals surface area contributed by atoms with Gasteiger partial charge in [0, 0.05) is 10.6 Å². The number of nitrogens with one attached hydrogen (secondary N) is 1. The van der Waals surface area contributed by atoms with E-state index in [2.05, 4.69) is 10.5 Å². The Balaban J connectivity index is 1.61. The van der Waals surface area contributed by atoms with Crippen molar-refractivity contribution in [2.24, 2.45) is 5.10 Å². The van der Waals surface area contributed by atoms with Crippen LogP contribution in [0.5, 0.6) is 11.5 Å². The number of hydrazone groups is 1. The molecule has 0 atom stereocenters. The van der Waals surface area contributed by atoms with Crippen LogP contribution in [-0.4, -0.2) is 19.2 Å². The van der Waals surface area contributed by atoms with E-state index >= 15 is 0 Å². The van der Waals surface area contributed by atoms with E-state index in [0.29, 0.717) is 28.7 Å². The largest absolute Gasteiger partial charge is 0.493 e. The highest BCUT2D eigenvalue weighted by Gasteiger charge is 2.07. The van der Waals surface area contributed by atoms with E-state index < -0.39 is 0 Å². The molecule has 0 unspecified atom stereocenters. The predicted molar refractivity (Wildman–Crippen MR) is 115 cm³/mol. The number of methoxy groups -OCH3 is 1. The molecule has 1 N–H and O–H groups in total. The van der Waals surface area contributed by atoms with Crippen molar-refractivity contribution in [3.63, 3.8) is 0 Å². The molecule has 0 aromatic heterocycles. The zero-order chi connectivity index (χ0) is 20.6. The Bertz CT molecular complexity index is 1000. The molecular formula is C23H21ClN2O3. The lowest BCUT2D eigenvalue weighted by Gasteiger charge is -2.11. The summed E-state index contributed by atoms with van der Waals surface area (Å²) in [7, 11) is 1.58. The maximum Gasteiger partial charge on any atom is 0.271 e. The minimum absolute atomic E-state index is 0.317. The van der Waals surface area contributed by atoms with Gasteiger partial charge in [-0.3, -0.25) is 4.79 Å². The number of hydrogen-bond donors (Lipinski definition) is 1. The Kier molecular flexibility index (Phi) is 6.87. The molecule has 0 fully saturated rings. The van der Waals surface area contributed by atoms with E-state index in [0.717, 1.165) is 11.1 Å². The quantitative estimate of drug-likeness (QED) is 0.442. The maximum atomic E-state index is 12.1. The third kappa shape index (κ3) is 5.83. The van der Waals surface area contributed by atoms with Crippen molar-refractivity contribution in [2.45, 2.75) is 13.5 Å². The first-order chi connectivity index (χ1) is 14.0. The van der Waals surface area contributed by atoms with Crippen LogP contribution in [-0.2, 0) is 6.61 Å². The molecule has 148 valence electrons. The number of carbonyl (C=O) groups excluding carboxylic acids is 1. The fraction of sp³-hybridized carbons (Fsp3) is 0.130. The molecule has 0 bridgehead atoms. The van der Waals surface area contributed by atoms with Gasteiger partial charge in [-0.15, -0.1) is 0 Å². The van der Waals surface area contributed by atoms with Crippen molar-refractivity contribution in [1.29, 1.82) is 0 Å². The first-order valence-electron chi connectivity index (χ1n) is 9.00. The van der Waals surface area contributed by atoms with Gasteiger partial charge in [-0.25, -0.2) is 5.43 Å². The molecule has 0 saturated heterocycles. The molecule has 0 aliphatic carbocycles. The molecule has 3 aromatic carbocycles. The van der Waals surface area contributed by atoms with Crippen LogP contribution in [0, 0.1) is 6.92 Å². The van der Waals surface area contributed by atoms with Crippen molar-refractivity contribution >= 4 is 23.7 Å². The molecule has 0 aliphatic heterocycles. The molecule has 0 aliphatic rings. The summed E-state index contributed by atoms with van der Waals surface area (Å²) >= 11 is 5.82. The SMILES string of the molecule is COc1cc(/C=N/NC(=O)c2ccc(Cl)cc2)ccc1OCc1ccc(C)cc1. The van der Waals surface area contributed by atoms with Crippen LogP contribution in [0.4, 0.5) is 0 Å². The van der Waals surface area contributed by atoms with Crippen molar-refractivity contribution in [3.05, 3.63) is 94.0 Å². The second kappa shape index (κ2) is 9.75. The number of nitrogens with zero attached hydrogens (tertiary/aromatic N) is 1. The van der Waals surface area contributed by atoms with Crippen LogP contribution in [0.1, 0.15) is 27.0 Å². The summed E-state index contributed by atoms with van der Waals surface area (Å²) in [6.45, 7) is 2.49. The Labute approximate surface area is 174 Å². The molecule has 0 radical (unpaired) electrons. The maximum absolute atomic E-state index is 12.1. The molecule has 3 rings (SSSR count). The highest BCUT2D eigenvalue weighted by Crippen LogP contribution is 2.28. The van der Waals surface area contributed by atoms with Gasteiger partial charge >= 0.3 is 0 Å². The number of aryl methyl sites for hydroxylation is 1. The molecule has 3 aromatic rings. The summed E-state index contributed by atoms with van der Waals surface area (Å²) in [6, 6.07) is 20.2. The first-order valence-corrected chi connectivity index (χ1v) is 9.38.